The number of rotatable bonds is 13. The molecule has 0 bridgehead atoms. The van der Waals surface area contributed by atoms with Crippen LogP contribution in [0.1, 0.15) is 85.5 Å². The SMILES string of the molecule is CC(C)(CO)CCCCCC(O)CCCCC(C)(C)CO. The summed E-state index contributed by atoms with van der Waals surface area (Å²) in [5.74, 6) is 0. The zero-order chi connectivity index (χ0) is 16.4. The van der Waals surface area contributed by atoms with Gasteiger partial charge in [0.1, 0.15) is 0 Å². The lowest BCUT2D eigenvalue weighted by atomic mass is 9.87. The Morgan fingerprint density at radius 2 is 1.05 bits per heavy atom. The highest BCUT2D eigenvalue weighted by atomic mass is 16.3. The number of aliphatic hydroxyl groups is 3. The normalized spacial score (nSPS) is 14.4. The Morgan fingerprint density at radius 3 is 1.48 bits per heavy atom. The molecule has 3 N–H and O–H groups in total. The summed E-state index contributed by atoms with van der Waals surface area (Å²) < 4.78 is 0. The molecule has 21 heavy (non-hydrogen) atoms. The smallest absolute Gasteiger partial charge is 0.0540 e. The molecule has 0 rings (SSSR count). The Morgan fingerprint density at radius 1 is 0.667 bits per heavy atom. The van der Waals surface area contributed by atoms with Gasteiger partial charge in [-0.15, -0.1) is 0 Å². The molecule has 0 saturated heterocycles. The lowest BCUT2D eigenvalue weighted by Crippen LogP contribution is -2.16. The molecule has 0 aromatic rings. The van der Waals surface area contributed by atoms with Crippen LogP contribution in [0, 0.1) is 10.8 Å². The topological polar surface area (TPSA) is 60.7 Å². The van der Waals surface area contributed by atoms with E-state index in [0.717, 1.165) is 57.8 Å². The minimum Gasteiger partial charge on any atom is -0.396 e. The molecule has 3 heteroatoms. The van der Waals surface area contributed by atoms with Gasteiger partial charge in [0.2, 0.25) is 0 Å². The summed E-state index contributed by atoms with van der Waals surface area (Å²) in [5.41, 5.74) is 0.0581. The second kappa shape index (κ2) is 10.6. The Bertz CT molecular complexity index is 249. The minimum absolute atomic E-state index is 0.0183. The van der Waals surface area contributed by atoms with Crippen molar-refractivity contribution in [1.82, 2.24) is 0 Å². The summed E-state index contributed by atoms with van der Waals surface area (Å²) >= 11 is 0. The van der Waals surface area contributed by atoms with Crippen molar-refractivity contribution in [2.75, 3.05) is 13.2 Å². The Hall–Kier alpha value is -0.120. The van der Waals surface area contributed by atoms with Gasteiger partial charge >= 0.3 is 0 Å². The molecule has 0 aliphatic carbocycles. The van der Waals surface area contributed by atoms with Crippen molar-refractivity contribution in [3.05, 3.63) is 0 Å². The third-order valence-corrected chi connectivity index (χ3v) is 4.39. The zero-order valence-corrected chi connectivity index (χ0v) is 14.7. The quantitative estimate of drug-likeness (QED) is 0.452. The van der Waals surface area contributed by atoms with Crippen molar-refractivity contribution < 1.29 is 15.3 Å². The first-order chi connectivity index (χ1) is 9.72. The predicted molar refractivity (Wildman–Crippen MR) is 89.3 cm³/mol. The van der Waals surface area contributed by atoms with E-state index in [-0.39, 0.29) is 30.1 Å². The average Bonchev–Trinajstić information content (AvgIpc) is 2.43. The van der Waals surface area contributed by atoms with Gasteiger partial charge in [0.05, 0.1) is 6.10 Å². The van der Waals surface area contributed by atoms with E-state index in [9.17, 15) is 15.3 Å². The standard InChI is InChI=1S/C18H38O3/c1-17(2,14-19)12-8-5-6-10-16(21)11-7-9-13-18(3,4)15-20/h16,19-21H,5-15H2,1-4H3. The van der Waals surface area contributed by atoms with Crippen LogP contribution in [-0.4, -0.2) is 34.6 Å². The van der Waals surface area contributed by atoms with Crippen LogP contribution in [0.2, 0.25) is 0 Å². The van der Waals surface area contributed by atoms with Crippen LogP contribution in [-0.2, 0) is 0 Å². The van der Waals surface area contributed by atoms with Crippen molar-refractivity contribution in [2.24, 2.45) is 10.8 Å². The van der Waals surface area contributed by atoms with Crippen LogP contribution in [0.25, 0.3) is 0 Å². The highest BCUT2D eigenvalue weighted by Crippen LogP contribution is 2.24. The summed E-state index contributed by atoms with van der Waals surface area (Å²) in [7, 11) is 0. The van der Waals surface area contributed by atoms with Gasteiger partial charge in [-0.2, -0.15) is 0 Å². The molecule has 0 amide bonds. The Labute approximate surface area is 131 Å². The van der Waals surface area contributed by atoms with Gasteiger partial charge in [-0.1, -0.05) is 59.8 Å². The highest BCUT2D eigenvalue weighted by molar-refractivity contribution is 4.68. The number of aliphatic hydroxyl groups excluding tert-OH is 3. The second-order valence-electron chi connectivity index (χ2n) is 8.14. The number of unbranched alkanes of at least 4 members (excludes halogenated alkanes) is 3. The lowest BCUT2D eigenvalue weighted by Gasteiger charge is -2.22. The second-order valence-corrected chi connectivity index (χ2v) is 8.14. The fourth-order valence-electron chi connectivity index (χ4n) is 2.45. The summed E-state index contributed by atoms with van der Waals surface area (Å²) in [5, 5.41) is 28.3. The molecule has 0 saturated carbocycles. The molecule has 0 aliphatic heterocycles. The third-order valence-electron chi connectivity index (χ3n) is 4.39. The van der Waals surface area contributed by atoms with Crippen molar-refractivity contribution in [1.29, 1.82) is 0 Å². The van der Waals surface area contributed by atoms with Crippen LogP contribution < -0.4 is 0 Å². The summed E-state index contributed by atoms with van der Waals surface area (Å²) in [4.78, 5) is 0. The molecule has 0 aromatic heterocycles. The van der Waals surface area contributed by atoms with Crippen LogP contribution in [0.3, 0.4) is 0 Å². The van der Waals surface area contributed by atoms with Crippen molar-refractivity contribution >= 4 is 0 Å². The van der Waals surface area contributed by atoms with Gasteiger partial charge in [0.25, 0.3) is 0 Å². The van der Waals surface area contributed by atoms with E-state index in [1.807, 2.05) is 0 Å². The lowest BCUT2D eigenvalue weighted by molar-refractivity contribution is 0.130. The zero-order valence-electron chi connectivity index (χ0n) is 14.7. The molecular formula is C18H38O3. The van der Waals surface area contributed by atoms with Gasteiger partial charge in [0, 0.05) is 13.2 Å². The predicted octanol–water partition coefficient (Wildman–Crippen LogP) is 3.90. The molecule has 1 unspecified atom stereocenters. The maximum Gasteiger partial charge on any atom is 0.0540 e. The van der Waals surface area contributed by atoms with E-state index in [0.29, 0.717) is 0 Å². The summed E-state index contributed by atoms with van der Waals surface area (Å²) in [6, 6.07) is 0. The van der Waals surface area contributed by atoms with E-state index >= 15 is 0 Å². The molecule has 0 fully saturated rings. The Kier molecular flexibility index (Phi) is 10.5. The van der Waals surface area contributed by atoms with Crippen molar-refractivity contribution in [3.8, 4) is 0 Å². The van der Waals surface area contributed by atoms with Crippen LogP contribution in [0.5, 0.6) is 0 Å². The number of hydrogen-bond acceptors (Lipinski definition) is 3. The van der Waals surface area contributed by atoms with Crippen LogP contribution >= 0.6 is 0 Å². The molecule has 0 aromatic carbocycles. The minimum atomic E-state index is -0.173. The Balaban J connectivity index is 3.49. The first kappa shape index (κ1) is 20.9. The maximum atomic E-state index is 9.95. The molecule has 0 aliphatic rings. The van der Waals surface area contributed by atoms with Crippen molar-refractivity contribution in [3.63, 3.8) is 0 Å². The van der Waals surface area contributed by atoms with E-state index in [1.54, 1.807) is 0 Å². The van der Waals surface area contributed by atoms with Gasteiger partial charge in [-0.3, -0.25) is 0 Å². The van der Waals surface area contributed by atoms with E-state index in [1.165, 1.54) is 0 Å². The third kappa shape index (κ3) is 12.1. The molecule has 0 heterocycles. The molecule has 3 nitrogen and oxygen atoms in total. The first-order valence-corrected chi connectivity index (χ1v) is 8.62. The monoisotopic (exact) mass is 302 g/mol. The first-order valence-electron chi connectivity index (χ1n) is 8.62. The van der Waals surface area contributed by atoms with E-state index in [2.05, 4.69) is 27.7 Å². The van der Waals surface area contributed by atoms with Crippen LogP contribution in [0.4, 0.5) is 0 Å². The van der Waals surface area contributed by atoms with Gasteiger partial charge in [0.15, 0.2) is 0 Å². The molecule has 128 valence electrons. The molecule has 0 spiro atoms. The molecular weight excluding hydrogens is 264 g/mol. The molecule has 1 atom stereocenters. The van der Waals surface area contributed by atoms with E-state index < -0.39 is 0 Å². The largest absolute Gasteiger partial charge is 0.396 e. The maximum absolute atomic E-state index is 9.95. The highest BCUT2D eigenvalue weighted by Gasteiger charge is 2.16. The fraction of sp³-hybridized carbons (Fsp3) is 1.00. The van der Waals surface area contributed by atoms with Gasteiger partial charge in [-0.25, -0.2) is 0 Å². The van der Waals surface area contributed by atoms with Crippen molar-refractivity contribution in [2.45, 2.75) is 91.6 Å². The number of hydrogen-bond donors (Lipinski definition) is 3. The summed E-state index contributed by atoms with van der Waals surface area (Å²) in [6.45, 7) is 8.83. The summed E-state index contributed by atoms with van der Waals surface area (Å²) in [6.07, 6.45) is 9.13. The van der Waals surface area contributed by atoms with E-state index in [4.69, 9.17) is 0 Å². The van der Waals surface area contributed by atoms with Gasteiger partial charge in [-0.05, 0) is 36.5 Å². The average molecular weight is 302 g/mol. The van der Waals surface area contributed by atoms with Crippen LogP contribution in [0.15, 0.2) is 0 Å². The fourth-order valence-corrected chi connectivity index (χ4v) is 2.45. The van der Waals surface area contributed by atoms with Gasteiger partial charge < -0.3 is 15.3 Å². The molecule has 0 radical (unpaired) electrons.